The number of benzene rings is 1. The van der Waals surface area contributed by atoms with Gasteiger partial charge in [0, 0.05) is 44.0 Å². The van der Waals surface area contributed by atoms with Crippen molar-refractivity contribution in [2.45, 2.75) is 42.9 Å². The van der Waals surface area contributed by atoms with E-state index in [0.29, 0.717) is 31.3 Å². The van der Waals surface area contributed by atoms with Gasteiger partial charge in [-0.25, -0.2) is 13.8 Å². The molecule has 2 unspecified atom stereocenters. The number of imidazole rings is 1. The van der Waals surface area contributed by atoms with Gasteiger partial charge in [0.2, 0.25) is 0 Å². The maximum absolute atomic E-state index is 14.1. The topological polar surface area (TPSA) is 73.4 Å². The lowest BCUT2D eigenvalue weighted by Crippen LogP contribution is -2.47. The van der Waals surface area contributed by atoms with Crippen LogP contribution < -0.4 is 5.73 Å². The molecule has 0 spiro atoms. The molecule has 2 aliphatic heterocycles. The molecule has 0 aliphatic carbocycles. The molecular formula is C18H22F2N4O2S. The van der Waals surface area contributed by atoms with E-state index in [2.05, 4.69) is 9.88 Å². The van der Waals surface area contributed by atoms with Crippen LogP contribution in [-0.4, -0.2) is 43.6 Å². The molecule has 3 heterocycles. The molecule has 146 valence electrons. The summed E-state index contributed by atoms with van der Waals surface area (Å²) in [6.07, 6.45) is 1.57. The summed E-state index contributed by atoms with van der Waals surface area (Å²) >= 11 is 0. The average Bonchev–Trinajstić information content (AvgIpc) is 3.17. The van der Waals surface area contributed by atoms with Crippen LogP contribution in [0.15, 0.2) is 23.4 Å². The third-order valence-corrected chi connectivity index (χ3v) is 6.28. The van der Waals surface area contributed by atoms with Crippen LogP contribution in [0.5, 0.6) is 0 Å². The quantitative estimate of drug-likeness (QED) is 0.853. The van der Waals surface area contributed by atoms with Gasteiger partial charge in [-0.3, -0.25) is 9.11 Å². The van der Waals surface area contributed by atoms with Gasteiger partial charge in [-0.1, -0.05) is 0 Å². The molecule has 0 amide bonds. The summed E-state index contributed by atoms with van der Waals surface area (Å²) in [6.45, 7) is 1.70. The predicted octanol–water partition coefficient (Wildman–Crippen LogP) is 1.61. The molecular weight excluding hydrogens is 374 g/mol. The molecule has 1 aromatic heterocycles. The Balaban J connectivity index is 1.46. The van der Waals surface area contributed by atoms with Crippen LogP contribution in [0.2, 0.25) is 0 Å². The van der Waals surface area contributed by atoms with Crippen molar-refractivity contribution >= 4 is 10.8 Å². The summed E-state index contributed by atoms with van der Waals surface area (Å²) in [5, 5.41) is 0.581. The second-order valence-electron chi connectivity index (χ2n) is 7.18. The first kappa shape index (κ1) is 18.7. The number of rotatable bonds is 3. The van der Waals surface area contributed by atoms with Gasteiger partial charge >= 0.3 is 0 Å². The summed E-state index contributed by atoms with van der Waals surface area (Å²) in [4.78, 5) is 6.72. The first-order valence-electron chi connectivity index (χ1n) is 8.79. The molecule has 6 nitrogen and oxygen atoms in total. The van der Waals surface area contributed by atoms with E-state index in [0.717, 1.165) is 29.6 Å². The number of nitrogens with two attached hydrogens (primary N) is 1. The summed E-state index contributed by atoms with van der Waals surface area (Å²) in [5.74, 6) is -1.01. The van der Waals surface area contributed by atoms with E-state index in [1.807, 2.05) is 11.6 Å². The molecule has 2 aromatic rings. The van der Waals surface area contributed by atoms with E-state index in [-0.39, 0.29) is 11.6 Å². The molecule has 2 aliphatic rings. The van der Waals surface area contributed by atoms with Crippen molar-refractivity contribution in [3.63, 3.8) is 0 Å². The van der Waals surface area contributed by atoms with Gasteiger partial charge < -0.3 is 15.0 Å². The molecule has 0 radical (unpaired) electrons. The number of aromatic nitrogens is 2. The molecule has 1 saturated heterocycles. The van der Waals surface area contributed by atoms with Crippen LogP contribution in [0.3, 0.4) is 0 Å². The Morgan fingerprint density at radius 2 is 2.11 bits per heavy atom. The van der Waals surface area contributed by atoms with E-state index < -0.39 is 34.6 Å². The fourth-order valence-electron chi connectivity index (χ4n) is 4.00. The molecule has 1 aromatic carbocycles. The van der Waals surface area contributed by atoms with Gasteiger partial charge in [0.05, 0.1) is 28.8 Å². The fourth-order valence-corrected chi connectivity index (χ4v) is 4.73. The maximum Gasteiger partial charge on any atom is 0.199 e. The highest BCUT2D eigenvalue weighted by Gasteiger charge is 2.38. The lowest BCUT2D eigenvalue weighted by molar-refractivity contribution is -0.0535. The van der Waals surface area contributed by atoms with Crippen molar-refractivity contribution in [3.05, 3.63) is 46.8 Å². The highest BCUT2D eigenvalue weighted by atomic mass is 32.2. The minimum Gasteiger partial charge on any atom is -0.370 e. The van der Waals surface area contributed by atoms with Gasteiger partial charge in [0.25, 0.3) is 0 Å². The van der Waals surface area contributed by atoms with Crippen LogP contribution in [0.25, 0.3) is 0 Å². The largest absolute Gasteiger partial charge is 0.370 e. The Morgan fingerprint density at radius 1 is 1.33 bits per heavy atom. The molecule has 1 fully saturated rings. The molecule has 0 saturated carbocycles. The smallest absolute Gasteiger partial charge is 0.199 e. The Kier molecular flexibility index (Phi) is 4.87. The van der Waals surface area contributed by atoms with E-state index in [1.54, 1.807) is 6.26 Å². The number of nitrogens with zero attached hydrogens (tertiary/aromatic N) is 3. The molecule has 4 atom stereocenters. The van der Waals surface area contributed by atoms with Gasteiger partial charge in [0.15, 0.2) is 5.16 Å². The Labute approximate surface area is 158 Å². The summed E-state index contributed by atoms with van der Waals surface area (Å²) in [6, 6.07) is 2.97. The third-order valence-electron chi connectivity index (χ3n) is 5.40. The first-order chi connectivity index (χ1) is 12.8. The molecule has 0 bridgehead atoms. The summed E-state index contributed by atoms with van der Waals surface area (Å²) in [5.41, 5.74) is 8.40. The zero-order valence-electron chi connectivity index (χ0n) is 15.2. The SMILES string of the molecule is Cn1c(S(C)=O)nc2c1CN(C1CO[C@H](c3cc(F)ccc3F)[C@@H](N)C1)C2. The van der Waals surface area contributed by atoms with Crippen LogP contribution >= 0.6 is 0 Å². The Bertz CT molecular complexity index is 904. The Morgan fingerprint density at radius 3 is 2.78 bits per heavy atom. The number of hydrogen-bond donors (Lipinski definition) is 1. The highest BCUT2D eigenvalue weighted by Crippen LogP contribution is 2.34. The first-order valence-corrected chi connectivity index (χ1v) is 10.3. The zero-order valence-corrected chi connectivity index (χ0v) is 16.0. The van der Waals surface area contributed by atoms with Gasteiger partial charge in [0.1, 0.15) is 17.7 Å². The van der Waals surface area contributed by atoms with E-state index >= 15 is 0 Å². The van der Waals surface area contributed by atoms with Crippen molar-refractivity contribution in [1.29, 1.82) is 0 Å². The monoisotopic (exact) mass is 396 g/mol. The number of fused-ring (bicyclic) bond motifs is 1. The fraction of sp³-hybridized carbons (Fsp3) is 0.500. The predicted molar refractivity (Wildman–Crippen MR) is 96.2 cm³/mol. The Hall–Kier alpha value is -1.68. The van der Waals surface area contributed by atoms with Crippen LogP contribution in [0.4, 0.5) is 8.78 Å². The van der Waals surface area contributed by atoms with Gasteiger partial charge in [-0.15, -0.1) is 0 Å². The minimum atomic E-state index is -1.13. The standard InChI is InChI=1S/C18H22F2N4O2S/c1-23-16-8-24(7-15(16)22-18(23)27(2)25)11-6-14(21)17(26-9-11)12-5-10(19)3-4-13(12)20/h3-5,11,14,17H,6-9,21H2,1-2H3/t11?,14-,17+,27?/m0/s1. The van der Waals surface area contributed by atoms with Gasteiger partial charge in [-0.05, 0) is 24.6 Å². The number of halogens is 2. The number of ether oxygens (including phenoxy) is 1. The average molecular weight is 396 g/mol. The van der Waals surface area contributed by atoms with Crippen molar-refractivity contribution in [2.75, 3.05) is 12.9 Å². The molecule has 27 heavy (non-hydrogen) atoms. The van der Waals surface area contributed by atoms with Crippen molar-refractivity contribution in [1.82, 2.24) is 14.5 Å². The highest BCUT2D eigenvalue weighted by molar-refractivity contribution is 7.84. The second-order valence-corrected chi connectivity index (χ2v) is 8.45. The van der Waals surface area contributed by atoms with Crippen molar-refractivity contribution < 1.29 is 17.7 Å². The summed E-state index contributed by atoms with van der Waals surface area (Å²) < 4.78 is 47.0. The van der Waals surface area contributed by atoms with Crippen molar-refractivity contribution in [2.24, 2.45) is 12.8 Å². The van der Waals surface area contributed by atoms with Gasteiger partial charge in [-0.2, -0.15) is 0 Å². The lowest BCUT2D eigenvalue weighted by Gasteiger charge is -2.38. The summed E-state index contributed by atoms with van der Waals surface area (Å²) in [7, 11) is 0.746. The zero-order chi connectivity index (χ0) is 19.3. The lowest BCUT2D eigenvalue weighted by atomic mass is 9.93. The molecule has 4 rings (SSSR count). The van der Waals surface area contributed by atoms with E-state index in [1.165, 1.54) is 0 Å². The minimum absolute atomic E-state index is 0.0673. The maximum atomic E-state index is 14.1. The normalized spacial score (nSPS) is 26.9. The van der Waals surface area contributed by atoms with Crippen molar-refractivity contribution in [3.8, 4) is 0 Å². The van der Waals surface area contributed by atoms with E-state index in [9.17, 15) is 13.0 Å². The van der Waals surface area contributed by atoms with E-state index in [4.69, 9.17) is 10.5 Å². The third kappa shape index (κ3) is 3.33. The molecule has 9 heteroatoms. The van der Waals surface area contributed by atoms with Crippen LogP contribution in [-0.2, 0) is 35.7 Å². The van der Waals surface area contributed by atoms with Crippen LogP contribution in [0.1, 0.15) is 29.5 Å². The number of hydrogen-bond acceptors (Lipinski definition) is 5. The second kappa shape index (κ2) is 7.05. The van der Waals surface area contributed by atoms with Crippen LogP contribution in [0, 0.1) is 11.6 Å². The molecule has 2 N–H and O–H groups in total.